The zero-order valence-electron chi connectivity index (χ0n) is 15.2. The van der Waals surface area contributed by atoms with Crippen molar-refractivity contribution in [1.82, 2.24) is 10.0 Å². The normalized spacial score (nSPS) is 12.6. The Morgan fingerprint density at radius 2 is 1.69 bits per heavy atom. The van der Waals surface area contributed by atoms with Crippen LogP contribution in [0.5, 0.6) is 0 Å². The second-order valence-corrected chi connectivity index (χ2v) is 7.79. The molecular weight excluding hydrogens is 352 g/mol. The Bertz CT molecular complexity index is 831. The standard InChI is InChI=1S/C19H24N2O4S/c1-14-4-6-16(7-5-14)15(2)21-19(22)17-8-10-18(11-9-17)26(23,24)20-12-13-25-3/h4-11,15,20H,12-13H2,1-3H3,(H,21,22). The first-order valence-electron chi connectivity index (χ1n) is 8.29. The number of rotatable bonds is 8. The molecule has 1 unspecified atom stereocenters. The molecule has 0 aliphatic carbocycles. The van der Waals surface area contributed by atoms with Crippen LogP contribution in [-0.2, 0) is 14.8 Å². The lowest BCUT2D eigenvalue weighted by atomic mass is 10.1. The molecule has 6 nitrogen and oxygen atoms in total. The lowest BCUT2D eigenvalue weighted by Gasteiger charge is -2.15. The Morgan fingerprint density at radius 1 is 1.08 bits per heavy atom. The highest BCUT2D eigenvalue weighted by molar-refractivity contribution is 7.89. The van der Waals surface area contributed by atoms with Gasteiger partial charge in [-0.05, 0) is 43.7 Å². The fraction of sp³-hybridized carbons (Fsp3) is 0.316. The molecule has 0 heterocycles. The Hall–Kier alpha value is -2.22. The van der Waals surface area contributed by atoms with E-state index in [2.05, 4.69) is 10.0 Å². The SMILES string of the molecule is COCCNS(=O)(=O)c1ccc(C(=O)NC(C)c2ccc(C)cc2)cc1. The summed E-state index contributed by atoms with van der Waals surface area (Å²) in [7, 11) is -2.11. The van der Waals surface area contributed by atoms with Gasteiger partial charge in [-0.1, -0.05) is 29.8 Å². The smallest absolute Gasteiger partial charge is 0.251 e. The van der Waals surface area contributed by atoms with Crippen LogP contribution >= 0.6 is 0 Å². The van der Waals surface area contributed by atoms with Crippen molar-refractivity contribution >= 4 is 15.9 Å². The van der Waals surface area contributed by atoms with E-state index in [-0.39, 0.29) is 30.0 Å². The zero-order chi connectivity index (χ0) is 19.2. The fourth-order valence-corrected chi connectivity index (χ4v) is 3.38. The fourth-order valence-electron chi connectivity index (χ4n) is 2.37. The summed E-state index contributed by atoms with van der Waals surface area (Å²) in [6.45, 7) is 4.39. The van der Waals surface area contributed by atoms with E-state index in [1.165, 1.54) is 31.4 Å². The molecule has 0 saturated carbocycles. The van der Waals surface area contributed by atoms with Gasteiger partial charge in [0.2, 0.25) is 10.0 Å². The van der Waals surface area contributed by atoms with E-state index in [1.807, 2.05) is 38.1 Å². The number of aryl methyl sites for hydroxylation is 1. The van der Waals surface area contributed by atoms with Gasteiger partial charge in [0.05, 0.1) is 17.5 Å². The number of sulfonamides is 1. The highest BCUT2D eigenvalue weighted by Gasteiger charge is 2.15. The van der Waals surface area contributed by atoms with Crippen LogP contribution in [0.1, 0.15) is 34.5 Å². The van der Waals surface area contributed by atoms with Gasteiger partial charge in [-0.15, -0.1) is 0 Å². The van der Waals surface area contributed by atoms with Gasteiger partial charge in [0.1, 0.15) is 0 Å². The van der Waals surface area contributed by atoms with Gasteiger partial charge in [-0.3, -0.25) is 4.79 Å². The van der Waals surface area contributed by atoms with Gasteiger partial charge in [0, 0.05) is 19.2 Å². The summed E-state index contributed by atoms with van der Waals surface area (Å²) in [5.41, 5.74) is 2.56. The number of nitrogens with one attached hydrogen (secondary N) is 2. The molecule has 0 aliphatic heterocycles. The molecule has 0 fully saturated rings. The topological polar surface area (TPSA) is 84.5 Å². The minimum Gasteiger partial charge on any atom is -0.383 e. The van der Waals surface area contributed by atoms with Crippen LogP contribution < -0.4 is 10.0 Å². The molecule has 26 heavy (non-hydrogen) atoms. The van der Waals surface area contributed by atoms with Gasteiger partial charge in [-0.25, -0.2) is 13.1 Å². The lowest BCUT2D eigenvalue weighted by molar-refractivity contribution is 0.0940. The molecule has 2 aromatic carbocycles. The molecule has 1 amide bonds. The van der Waals surface area contributed by atoms with E-state index in [4.69, 9.17) is 4.74 Å². The number of carbonyl (C=O) groups excluding carboxylic acids is 1. The van der Waals surface area contributed by atoms with E-state index in [1.54, 1.807) is 0 Å². The van der Waals surface area contributed by atoms with Crippen LogP contribution in [0, 0.1) is 6.92 Å². The summed E-state index contributed by atoms with van der Waals surface area (Å²) in [5.74, 6) is -0.255. The molecule has 140 valence electrons. The third-order valence-electron chi connectivity index (χ3n) is 3.95. The summed E-state index contributed by atoms with van der Waals surface area (Å²) in [6.07, 6.45) is 0. The summed E-state index contributed by atoms with van der Waals surface area (Å²) < 4.78 is 31.5. The van der Waals surface area contributed by atoms with Crippen molar-refractivity contribution < 1.29 is 17.9 Å². The van der Waals surface area contributed by atoms with Crippen LogP contribution in [-0.4, -0.2) is 34.6 Å². The number of benzene rings is 2. The molecule has 2 rings (SSSR count). The van der Waals surface area contributed by atoms with Crippen LogP contribution in [0.3, 0.4) is 0 Å². The van der Waals surface area contributed by atoms with Crippen molar-refractivity contribution in [2.24, 2.45) is 0 Å². The predicted molar refractivity (Wildman–Crippen MR) is 101 cm³/mol. The average molecular weight is 376 g/mol. The summed E-state index contributed by atoms with van der Waals surface area (Å²) in [4.78, 5) is 12.5. The van der Waals surface area contributed by atoms with Crippen LogP contribution in [0.2, 0.25) is 0 Å². The van der Waals surface area contributed by atoms with Crippen LogP contribution in [0.15, 0.2) is 53.4 Å². The highest BCUT2D eigenvalue weighted by atomic mass is 32.2. The van der Waals surface area contributed by atoms with E-state index < -0.39 is 10.0 Å². The van der Waals surface area contributed by atoms with Gasteiger partial charge >= 0.3 is 0 Å². The Labute approximate surface area is 154 Å². The highest BCUT2D eigenvalue weighted by Crippen LogP contribution is 2.15. The van der Waals surface area contributed by atoms with Gasteiger partial charge in [-0.2, -0.15) is 0 Å². The van der Waals surface area contributed by atoms with Crippen molar-refractivity contribution in [3.05, 3.63) is 65.2 Å². The molecule has 0 radical (unpaired) electrons. The molecule has 0 bridgehead atoms. The number of hydrogen-bond acceptors (Lipinski definition) is 4. The number of hydrogen-bond donors (Lipinski definition) is 2. The molecule has 0 spiro atoms. The minimum absolute atomic E-state index is 0.108. The maximum Gasteiger partial charge on any atom is 0.251 e. The molecular formula is C19H24N2O4S. The molecule has 0 aromatic heterocycles. The van der Waals surface area contributed by atoms with E-state index in [0.29, 0.717) is 5.56 Å². The van der Waals surface area contributed by atoms with Gasteiger partial charge in [0.25, 0.3) is 5.91 Å². The molecule has 1 atom stereocenters. The Morgan fingerprint density at radius 3 is 2.27 bits per heavy atom. The van der Waals surface area contributed by atoms with Gasteiger partial charge < -0.3 is 10.1 Å². The number of carbonyl (C=O) groups is 1. The molecule has 0 saturated heterocycles. The first kappa shape index (κ1) is 20.1. The van der Waals surface area contributed by atoms with E-state index in [0.717, 1.165) is 11.1 Å². The minimum atomic E-state index is -3.61. The van der Waals surface area contributed by atoms with Crippen molar-refractivity contribution in [1.29, 1.82) is 0 Å². The first-order chi connectivity index (χ1) is 12.3. The second kappa shape index (κ2) is 8.93. The molecule has 7 heteroatoms. The molecule has 0 aliphatic rings. The van der Waals surface area contributed by atoms with Crippen molar-refractivity contribution in [3.8, 4) is 0 Å². The summed E-state index contributed by atoms with van der Waals surface area (Å²) in [5, 5.41) is 2.91. The van der Waals surface area contributed by atoms with Crippen molar-refractivity contribution in [2.45, 2.75) is 24.8 Å². The molecule has 2 N–H and O–H groups in total. The Balaban J connectivity index is 2.03. The lowest BCUT2D eigenvalue weighted by Crippen LogP contribution is -2.28. The van der Waals surface area contributed by atoms with Crippen molar-refractivity contribution in [3.63, 3.8) is 0 Å². The maximum atomic E-state index is 12.4. The number of amides is 1. The quantitative estimate of drug-likeness (QED) is 0.693. The monoisotopic (exact) mass is 376 g/mol. The third kappa shape index (κ3) is 5.39. The first-order valence-corrected chi connectivity index (χ1v) is 9.78. The zero-order valence-corrected chi connectivity index (χ0v) is 16.0. The Kier molecular flexibility index (Phi) is 6.90. The van der Waals surface area contributed by atoms with Crippen LogP contribution in [0.4, 0.5) is 0 Å². The van der Waals surface area contributed by atoms with E-state index in [9.17, 15) is 13.2 Å². The molecule has 2 aromatic rings. The second-order valence-electron chi connectivity index (χ2n) is 6.02. The predicted octanol–water partition coefficient (Wildman–Crippen LogP) is 2.41. The van der Waals surface area contributed by atoms with E-state index >= 15 is 0 Å². The largest absolute Gasteiger partial charge is 0.383 e. The van der Waals surface area contributed by atoms with Crippen molar-refractivity contribution in [2.75, 3.05) is 20.3 Å². The summed E-state index contributed by atoms with van der Waals surface area (Å²) >= 11 is 0. The maximum absolute atomic E-state index is 12.4. The van der Waals surface area contributed by atoms with Gasteiger partial charge in [0.15, 0.2) is 0 Å². The number of ether oxygens (including phenoxy) is 1. The van der Waals surface area contributed by atoms with Crippen LogP contribution in [0.25, 0.3) is 0 Å². The number of methoxy groups -OCH3 is 1. The summed E-state index contributed by atoms with van der Waals surface area (Å²) in [6, 6.07) is 13.6. The average Bonchev–Trinajstić information content (AvgIpc) is 2.62. The third-order valence-corrected chi connectivity index (χ3v) is 5.43.